The monoisotopic (exact) mass is 202 g/mol. The van der Waals surface area contributed by atoms with E-state index in [0.29, 0.717) is 13.2 Å². The topological polar surface area (TPSA) is 67.4 Å². The van der Waals surface area contributed by atoms with E-state index in [1.807, 2.05) is 6.92 Å². The number of hydrogen-bond donors (Lipinski definition) is 2. The second kappa shape index (κ2) is 7.32. The second-order valence-electron chi connectivity index (χ2n) is 2.80. The Morgan fingerprint density at radius 1 is 1.36 bits per heavy atom. The third-order valence-electron chi connectivity index (χ3n) is 1.60. The van der Waals surface area contributed by atoms with Gasteiger partial charge in [-0.3, -0.25) is 14.9 Å². The van der Waals surface area contributed by atoms with Gasteiger partial charge in [0.1, 0.15) is 0 Å². The number of carbonyl (C=O) groups excluding carboxylic acids is 2. The molecule has 82 valence electrons. The molecule has 5 nitrogen and oxygen atoms in total. The highest BCUT2D eigenvalue weighted by molar-refractivity contribution is 5.82. The Kier molecular flexibility index (Phi) is 6.74. The van der Waals surface area contributed by atoms with Gasteiger partial charge in [-0.2, -0.15) is 0 Å². The number of hydrogen-bond acceptors (Lipinski definition) is 4. The van der Waals surface area contributed by atoms with Gasteiger partial charge in [0.15, 0.2) is 0 Å². The van der Waals surface area contributed by atoms with Crippen LogP contribution in [0.4, 0.5) is 0 Å². The van der Waals surface area contributed by atoms with Crippen LogP contribution in [0.1, 0.15) is 20.8 Å². The Balaban J connectivity index is 3.67. The molecule has 0 rings (SSSR count). The summed E-state index contributed by atoms with van der Waals surface area (Å²) in [5.74, 6) is -0.458. The molecule has 0 saturated carbocycles. The predicted molar refractivity (Wildman–Crippen MR) is 52.8 cm³/mol. The van der Waals surface area contributed by atoms with Crippen molar-refractivity contribution in [1.29, 1.82) is 0 Å². The van der Waals surface area contributed by atoms with Crippen molar-refractivity contribution in [2.45, 2.75) is 26.8 Å². The largest absolute Gasteiger partial charge is 0.465 e. The summed E-state index contributed by atoms with van der Waals surface area (Å²) in [5.41, 5.74) is 0. The molecular formula is C9H18N2O3. The van der Waals surface area contributed by atoms with Gasteiger partial charge in [0.25, 0.3) is 0 Å². The first-order valence-corrected chi connectivity index (χ1v) is 4.78. The summed E-state index contributed by atoms with van der Waals surface area (Å²) in [4.78, 5) is 22.1. The molecule has 0 aromatic carbocycles. The molecular weight excluding hydrogens is 184 g/mol. The maximum atomic E-state index is 11.2. The zero-order valence-electron chi connectivity index (χ0n) is 8.92. The molecule has 0 saturated heterocycles. The molecule has 1 amide bonds. The Morgan fingerprint density at radius 3 is 2.50 bits per heavy atom. The number of rotatable bonds is 6. The normalized spacial score (nSPS) is 11.9. The zero-order chi connectivity index (χ0) is 11.0. The van der Waals surface area contributed by atoms with Crippen LogP contribution in [0.3, 0.4) is 0 Å². The van der Waals surface area contributed by atoms with E-state index >= 15 is 0 Å². The van der Waals surface area contributed by atoms with Gasteiger partial charge in [0.05, 0.1) is 19.2 Å². The van der Waals surface area contributed by atoms with Crippen molar-refractivity contribution in [2.75, 3.05) is 19.7 Å². The number of nitrogens with one attached hydrogen (secondary N) is 2. The summed E-state index contributed by atoms with van der Waals surface area (Å²) in [6, 6.07) is -0.376. The summed E-state index contributed by atoms with van der Waals surface area (Å²) < 4.78 is 4.70. The maximum absolute atomic E-state index is 11.2. The van der Waals surface area contributed by atoms with E-state index in [2.05, 4.69) is 10.6 Å². The van der Waals surface area contributed by atoms with Gasteiger partial charge in [-0.15, -0.1) is 0 Å². The van der Waals surface area contributed by atoms with Crippen LogP contribution < -0.4 is 10.6 Å². The van der Waals surface area contributed by atoms with Crippen LogP contribution in [0.5, 0.6) is 0 Å². The average Bonchev–Trinajstić information content (AvgIpc) is 2.15. The van der Waals surface area contributed by atoms with Crippen molar-refractivity contribution < 1.29 is 14.3 Å². The zero-order valence-corrected chi connectivity index (χ0v) is 8.92. The minimum atomic E-state index is -0.376. The Morgan fingerprint density at radius 2 is 2.00 bits per heavy atom. The fourth-order valence-corrected chi connectivity index (χ4v) is 0.868. The van der Waals surface area contributed by atoms with Gasteiger partial charge in [-0.05, 0) is 20.8 Å². The number of carbonyl (C=O) groups is 2. The summed E-state index contributed by atoms with van der Waals surface area (Å²) in [6.45, 7) is 6.29. The molecule has 0 aliphatic rings. The van der Waals surface area contributed by atoms with Crippen molar-refractivity contribution >= 4 is 11.9 Å². The Bertz CT molecular complexity index is 194. The molecule has 0 bridgehead atoms. The molecule has 2 N–H and O–H groups in total. The van der Waals surface area contributed by atoms with E-state index < -0.39 is 0 Å². The minimum Gasteiger partial charge on any atom is -0.465 e. The molecule has 5 heteroatoms. The van der Waals surface area contributed by atoms with Crippen molar-refractivity contribution in [3.05, 3.63) is 0 Å². The molecule has 0 aromatic rings. The second-order valence-corrected chi connectivity index (χ2v) is 2.80. The van der Waals surface area contributed by atoms with Crippen molar-refractivity contribution in [3.63, 3.8) is 0 Å². The smallest absolute Gasteiger partial charge is 0.319 e. The fraction of sp³-hybridized carbons (Fsp3) is 0.778. The molecule has 1 atom stereocenters. The highest BCUT2D eigenvalue weighted by Crippen LogP contribution is 1.82. The third kappa shape index (κ3) is 5.53. The quantitative estimate of drug-likeness (QED) is 0.578. The van der Waals surface area contributed by atoms with Crippen LogP contribution in [0, 0.1) is 0 Å². The van der Waals surface area contributed by atoms with Gasteiger partial charge in [-0.25, -0.2) is 0 Å². The molecule has 0 aliphatic carbocycles. The lowest BCUT2D eigenvalue weighted by Crippen LogP contribution is -2.44. The van der Waals surface area contributed by atoms with Gasteiger partial charge in [-0.1, -0.05) is 0 Å². The van der Waals surface area contributed by atoms with Crippen molar-refractivity contribution in [1.82, 2.24) is 10.6 Å². The van der Waals surface area contributed by atoms with Crippen LogP contribution in [-0.4, -0.2) is 37.6 Å². The van der Waals surface area contributed by atoms with E-state index in [1.54, 1.807) is 13.8 Å². The lowest BCUT2D eigenvalue weighted by atomic mass is 10.3. The summed E-state index contributed by atoms with van der Waals surface area (Å²) in [6.07, 6.45) is 0. The van der Waals surface area contributed by atoms with Crippen LogP contribution in [0.2, 0.25) is 0 Å². The molecule has 0 radical (unpaired) electrons. The van der Waals surface area contributed by atoms with Crippen LogP contribution in [0.15, 0.2) is 0 Å². The van der Waals surface area contributed by atoms with Crippen LogP contribution in [-0.2, 0) is 14.3 Å². The Labute approximate surface area is 84.2 Å². The number of esters is 1. The number of amides is 1. The highest BCUT2D eigenvalue weighted by Gasteiger charge is 2.12. The van der Waals surface area contributed by atoms with Gasteiger partial charge >= 0.3 is 5.97 Å². The van der Waals surface area contributed by atoms with E-state index in [9.17, 15) is 9.59 Å². The molecule has 0 spiro atoms. The van der Waals surface area contributed by atoms with E-state index in [0.717, 1.165) is 0 Å². The van der Waals surface area contributed by atoms with Crippen molar-refractivity contribution in [3.8, 4) is 0 Å². The molecule has 0 aromatic heterocycles. The van der Waals surface area contributed by atoms with E-state index in [1.165, 1.54) is 0 Å². The third-order valence-corrected chi connectivity index (χ3v) is 1.60. The summed E-state index contributed by atoms with van der Waals surface area (Å²) >= 11 is 0. The van der Waals surface area contributed by atoms with Gasteiger partial charge in [0.2, 0.25) is 5.91 Å². The Hall–Kier alpha value is -1.10. The lowest BCUT2D eigenvalue weighted by molar-refractivity contribution is -0.142. The van der Waals surface area contributed by atoms with Gasteiger partial charge < -0.3 is 10.1 Å². The van der Waals surface area contributed by atoms with Crippen LogP contribution >= 0.6 is 0 Å². The summed E-state index contributed by atoms with van der Waals surface area (Å²) in [5, 5.41) is 5.41. The molecule has 14 heavy (non-hydrogen) atoms. The summed E-state index contributed by atoms with van der Waals surface area (Å²) in [7, 11) is 0. The SMILES string of the molecule is CCNC(=O)C(C)NCC(=O)OCC. The predicted octanol–water partition coefficient (Wildman–Crippen LogP) is -0.336. The fourth-order valence-electron chi connectivity index (χ4n) is 0.868. The molecule has 0 fully saturated rings. The first kappa shape index (κ1) is 12.9. The first-order valence-electron chi connectivity index (χ1n) is 4.78. The molecule has 1 unspecified atom stereocenters. The van der Waals surface area contributed by atoms with Crippen molar-refractivity contribution in [2.24, 2.45) is 0 Å². The van der Waals surface area contributed by atoms with E-state index in [-0.39, 0.29) is 24.5 Å². The lowest BCUT2D eigenvalue weighted by Gasteiger charge is -2.12. The number of likely N-dealkylation sites (N-methyl/N-ethyl adjacent to an activating group) is 1. The standard InChI is InChI=1S/C9H18N2O3/c1-4-10-9(13)7(3)11-6-8(12)14-5-2/h7,11H,4-6H2,1-3H3,(H,10,13). The molecule has 0 heterocycles. The van der Waals surface area contributed by atoms with Gasteiger partial charge in [0, 0.05) is 6.54 Å². The molecule has 0 aliphatic heterocycles. The van der Waals surface area contributed by atoms with E-state index in [4.69, 9.17) is 4.74 Å². The van der Waals surface area contributed by atoms with Crippen LogP contribution in [0.25, 0.3) is 0 Å². The first-order chi connectivity index (χ1) is 6.61. The average molecular weight is 202 g/mol. The maximum Gasteiger partial charge on any atom is 0.319 e. The number of ether oxygens (including phenoxy) is 1. The highest BCUT2D eigenvalue weighted by atomic mass is 16.5. The minimum absolute atomic E-state index is 0.0616.